The van der Waals surface area contributed by atoms with E-state index in [1.165, 1.54) is 12.4 Å². The number of anilines is 4. The van der Waals surface area contributed by atoms with E-state index < -0.39 is 23.9 Å². The van der Waals surface area contributed by atoms with Crippen molar-refractivity contribution in [2.75, 3.05) is 37.1 Å². The van der Waals surface area contributed by atoms with E-state index in [2.05, 4.69) is 41.2 Å². The molecule has 8 rings (SSSR count). The number of rotatable bonds is 26. The average molecular weight is 1110 g/mol. The smallest absolute Gasteiger partial charge is 0.252 e. The molecule has 20 nitrogen and oxygen atoms in total. The number of carbonyl (C=O) groups excluding carboxylic acids is 4. The first-order chi connectivity index (χ1) is 39.7. The molecule has 0 bridgehead atoms. The minimum atomic E-state index is -0.701. The molecule has 4 heterocycles. The van der Waals surface area contributed by atoms with Crippen molar-refractivity contribution in [1.82, 2.24) is 30.6 Å². The lowest BCUT2D eigenvalue weighted by Crippen LogP contribution is -2.41. The number of amides is 4. The first kappa shape index (κ1) is 60.2. The number of nitrogens with two attached hydrogens (primary N) is 4. The summed E-state index contributed by atoms with van der Waals surface area (Å²) in [4.78, 5) is 67.5. The number of nitrogens with zero attached hydrogens (tertiary/aromatic N) is 4. The van der Waals surface area contributed by atoms with Gasteiger partial charge >= 0.3 is 0 Å². The Balaban J connectivity index is 0.000000236. The Hall–Kier alpha value is -9.40. The normalized spacial score (nSPS) is 11.6. The Kier molecular flexibility index (Phi) is 21.4. The van der Waals surface area contributed by atoms with E-state index >= 15 is 0 Å². The van der Waals surface area contributed by atoms with Gasteiger partial charge in [-0.2, -0.15) is 0 Å². The van der Waals surface area contributed by atoms with Gasteiger partial charge in [0, 0.05) is 84.6 Å². The molecule has 0 spiro atoms. The van der Waals surface area contributed by atoms with Crippen LogP contribution in [0, 0.1) is 0 Å². The zero-order chi connectivity index (χ0) is 58.7. The van der Waals surface area contributed by atoms with Gasteiger partial charge in [-0.3, -0.25) is 39.1 Å². The predicted molar refractivity (Wildman–Crippen MR) is 319 cm³/mol. The molecule has 4 aromatic heterocycles. The summed E-state index contributed by atoms with van der Waals surface area (Å²) in [6.45, 7) is 14.0. The number of aromatic nitrogens is 4. The Bertz CT molecular complexity index is 3280. The maximum absolute atomic E-state index is 12.8. The second-order valence-corrected chi connectivity index (χ2v) is 18.8. The van der Waals surface area contributed by atoms with Crippen LogP contribution in [0.2, 0.25) is 0 Å². The summed E-state index contributed by atoms with van der Waals surface area (Å²) in [7, 11) is 0. The molecule has 2 atom stereocenters. The van der Waals surface area contributed by atoms with Crippen LogP contribution in [0.5, 0.6) is 23.0 Å². The minimum absolute atomic E-state index is 0.242. The van der Waals surface area contributed by atoms with Gasteiger partial charge in [-0.05, 0) is 123 Å². The lowest BCUT2D eigenvalue weighted by Gasteiger charge is -2.20. The van der Waals surface area contributed by atoms with Crippen LogP contribution in [0.15, 0.2) is 122 Å². The van der Waals surface area contributed by atoms with E-state index in [-0.39, 0.29) is 22.9 Å². The Morgan fingerprint density at radius 3 is 1.21 bits per heavy atom. The highest BCUT2D eigenvalue weighted by atomic mass is 16.5. The Morgan fingerprint density at radius 2 is 0.878 bits per heavy atom. The number of hydrogen-bond acceptors (Lipinski definition) is 16. The quantitative estimate of drug-likeness (QED) is 0.0254. The lowest BCUT2D eigenvalue weighted by atomic mass is 10.0. The number of fused-ring (bicyclic) bond motifs is 2. The van der Waals surface area contributed by atoms with Crippen LogP contribution >= 0.6 is 0 Å². The Morgan fingerprint density at radius 1 is 0.500 bits per heavy atom. The van der Waals surface area contributed by atoms with E-state index in [0.29, 0.717) is 121 Å². The van der Waals surface area contributed by atoms with Gasteiger partial charge in [-0.25, -0.2) is 0 Å². The molecule has 0 unspecified atom stereocenters. The third kappa shape index (κ3) is 15.1. The fourth-order valence-electron chi connectivity index (χ4n) is 9.41. The molecule has 20 heteroatoms. The second kappa shape index (κ2) is 29.2. The zero-order valence-corrected chi connectivity index (χ0v) is 47.1. The fraction of sp³-hybridized carbons (Fsp3) is 0.290. The number of ether oxygens (including phenoxy) is 4. The molecule has 428 valence electrons. The minimum Gasteiger partial charge on any atom is -0.490 e. The van der Waals surface area contributed by atoms with Crippen LogP contribution in [0.1, 0.15) is 95.6 Å². The van der Waals surface area contributed by atoms with Crippen molar-refractivity contribution in [2.45, 2.75) is 92.4 Å². The van der Waals surface area contributed by atoms with Crippen LogP contribution in [0.25, 0.3) is 21.8 Å². The highest BCUT2D eigenvalue weighted by molar-refractivity contribution is 6.09. The Labute approximate surface area is 477 Å². The third-order valence-corrected chi connectivity index (χ3v) is 13.3. The summed E-state index contributed by atoms with van der Waals surface area (Å²) < 4.78 is 23.2. The van der Waals surface area contributed by atoms with Gasteiger partial charge in [0.25, 0.3) is 11.8 Å². The van der Waals surface area contributed by atoms with E-state index in [0.717, 1.165) is 44.8 Å². The molecule has 12 N–H and O–H groups in total. The molecule has 0 radical (unpaired) electrons. The third-order valence-electron chi connectivity index (χ3n) is 13.3. The van der Waals surface area contributed by atoms with Gasteiger partial charge in [0.05, 0.1) is 72.0 Å². The fourth-order valence-corrected chi connectivity index (χ4v) is 9.41. The highest BCUT2D eigenvalue weighted by Gasteiger charge is 2.23. The molecule has 0 saturated heterocycles. The maximum atomic E-state index is 12.8. The number of nitrogens with one attached hydrogen (secondary N) is 4. The molecular formula is C62H72N12O8. The van der Waals surface area contributed by atoms with Crippen molar-refractivity contribution in [2.24, 2.45) is 22.9 Å². The lowest BCUT2D eigenvalue weighted by molar-refractivity contribution is -0.123. The number of hydrogen-bond donors (Lipinski definition) is 8. The van der Waals surface area contributed by atoms with Crippen molar-refractivity contribution in [1.29, 1.82) is 0 Å². The second-order valence-electron chi connectivity index (χ2n) is 18.8. The van der Waals surface area contributed by atoms with Crippen molar-refractivity contribution in [3.63, 3.8) is 0 Å². The van der Waals surface area contributed by atoms with Crippen LogP contribution in [0.4, 0.5) is 22.7 Å². The van der Waals surface area contributed by atoms with Crippen molar-refractivity contribution < 1.29 is 38.1 Å². The summed E-state index contributed by atoms with van der Waals surface area (Å²) >= 11 is 0. The van der Waals surface area contributed by atoms with Gasteiger partial charge < -0.3 is 63.1 Å². The largest absolute Gasteiger partial charge is 0.490 e. The van der Waals surface area contributed by atoms with Crippen molar-refractivity contribution >= 4 is 68.2 Å². The van der Waals surface area contributed by atoms with Crippen LogP contribution < -0.4 is 63.1 Å². The molecule has 4 aromatic carbocycles. The molecule has 82 heavy (non-hydrogen) atoms. The maximum Gasteiger partial charge on any atom is 0.252 e. The molecule has 0 aliphatic rings. The molecule has 8 aromatic rings. The predicted octanol–water partition coefficient (Wildman–Crippen LogP) is 8.04. The van der Waals surface area contributed by atoms with Crippen molar-refractivity contribution in [3.05, 3.63) is 167 Å². The molecular weight excluding hydrogens is 1040 g/mol. The first-order valence-electron chi connectivity index (χ1n) is 27.4. The van der Waals surface area contributed by atoms with Crippen LogP contribution in [-0.2, 0) is 48.4 Å². The molecule has 0 saturated carbocycles. The van der Waals surface area contributed by atoms with E-state index in [1.807, 2.05) is 114 Å². The first-order valence-corrected chi connectivity index (χ1v) is 27.4. The van der Waals surface area contributed by atoms with Gasteiger partial charge in [-0.1, -0.05) is 50.2 Å². The monoisotopic (exact) mass is 1110 g/mol. The van der Waals surface area contributed by atoms with E-state index in [9.17, 15) is 19.2 Å². The van der Waals surface area contributed by atoms with Gasteiger partial charge in [0.15, 0.2) is 23.0 Å². The SMILES string of the molecule is CCOc1cc2ncc(C(N)=O)c(Nc3cccc(CNC(=O)[C@@H](N)Cc4cccnc4)c3CC)c2cc1OCC.CCOc1cc2ncc(C(N)=O)c(Nc3cccc(CNC(=O)[C@H](N)Cc4cccnc4)c3CC)c2cc1OCC. The molecule has 0 aliphatic carbocycles. The van der Waals surface area contributed by atoms with Crippen LogP contribution in [0.3, 0.4) is 0 Å². The van der Waals surface area contributed by atoms with E-state index in [4.69, 9.17) is 41.9 Å². The number of primary amides is 2. The summed E-state index contributed by atoms with van der Waals surface area (Å²) in [5, 5.41) is 14.1. The highest BCUT2D eigenvalue weighted by Crippen LogP contribution is 2.40. The van der Waals surface area contributed by atoms with Gasteiger partial charge in [0.2, 0.25) is 11.8 Å². The van der Waals surface area contributed by atoms with Crippen LogP contribution in [-0.4, -0.2) is 82.1 Å². The number of benzene rings is 4. The summed E-state index contributed by atoms with van der Waals surface area (Å²) in [5.41, 5.74) is 33.7. The molecule has 4 amide bonds. The standard InChI is InChI=1S/2C31H36N6O4/c2*1-4-21-20(17-36-31(39)24(32)13-19-9-8-12-34-16-19)10-7-11-25(21)37-29-22-14-27(40-5-2)28(41-6-3)15-26(22)35-18-23(29)30(33)38/h2*7-12,14-16,18,24H,4-6,13,17,32H2,1-3H3,(H2,33,38)(H,35,37)(H,36,39)/t2*24-/m10/s1. The molecule has 0 fully saturated rings. The van der Waals surface area contributed by atoms with Gasteiger partial charge in [0.1, 0.15) is 0 Å². The number of carbonyl (C=O) groups is 4. The average Bonchev–Trinajstić information content (AvgIpc) is 3.67. The van der Waals surface area contributed by atoms with Crippen molar-refractivity contribution in [3.8, 4) is 23.0 Å². The summed E-state index contributed by atoms with van der Waals surface area (Å²) in [6.07, 6.45) is 11.8. The topological polar surface area (TPSA) is 309 Å². The summed E-state index contributed by atoms with van der Waals surface area (Å²) in [6, 6.07) is 24.8. The summed E-state index contributed by atoms with van der Waals surface area (Å²) in [5.74, 6) is 0.501. The van der Waals surface area contributed by atoms with Gasteiger partial charge in [-0.15, -0.1) is 0 Å². The van der Waals surface area contributed by atoms with E-state index in [1.54, 1.807) is 36.9 Å². The molecule has 0 aliphatic heterocycles. The zero-order valence-electron chi connectivity index (χ0n) is 47.1. The number of pyridine rings is 4.